The molecular formula is C7H12O3Si2. The highest BCUT2D eigenvalue weighted by Crippen LogP contribution is 2.06. The van der Waals surface area contributed by atoms with Crippen LogP contribution in [0.4, 0.5) is 0 Å². The molecule has 1 rings (SSSR count). The van der Waals surface area contributed by atoms with E-state index in [9.17, 15) is 9.59 Å². The van der Waals surface area contributed by atoms with Crippen molar-refractivity contribution in [1.29, 1.82) is 0 Å². The summed E-state index contributed by atoms with van der Waals surface area (Å²) in [5.74, 6) is 0. The largest absolute Gasteiger partial charge is 0.489 e. The zero-order chi connectivity index (χ0) is 9.03. The highest BCUT2D eigenvalue weighted by Gasteiger charge is 2.29. The lowest BCUT2D eigenvalue weighted by molar-refractivity contribution is 0.247. The van der Waals surface area contributed by atoms with Crippen LogP contribution >= 0.6 is 0 Å². The van der Waals surface area contributed by atoms with Gasteiger partial charge in [0.2, 0.25) is 0 Å². The summed E-state index contributed by atoms with van der Waals surface area (Å²) in [6.45, 7) is 0. The third-order valence-electron chi connectivity index (χ3n) is 1.60. The van der Waals surface area contributed by atoms with E-state index in [4.69, 9.17) is 4.12 Å². The number of hydrogen-bond donors (Lipinski definition) is 2. The molecule has 0 atom stereocenters. The van der Waals surface area contributed by atoms with Crippen LogP contribution in [-0.2, 0) is 10.2 Å². The van der Waals surface area contributed by atoms with Gasteiger partial charge in [0.05, 0.1) is 0 Å². The number of benzene rings is 1. The summed E-state index contributed by atoms with van der Waals surface area (Å²) in [7, 11) is -2.99. The average molecular weight is 200 g/mol. The van der Waals surface area contributed by atoms with Gasteiger partial charge in [-0.3, -0.25) is 0 Å². The van der Waals surface area contributed by atoms with Gasteiger partial charge in [0.25, 0.3) is 0 Å². The van der Waals surface area contributed by atoms with Gasteiger partial charge in [-0.25, -0.2) is 0 Å². The second kappa shape index (κ2) is 3.97. The monoisotopic (exact) mass is 200 g/mol. The molecule has 0 fully saturated rings. The number of rotatable bonds is 3. The molecule has 0 aliphatic heterocycles. The smallest absolute Gasteiger partial charge is 0.424 e. The van der Waals surface area contributed by atoms with Crippen LogP contribution in [-0.4, -0.2) is 28.9 Å². The number of hydrogen-bond acceptors (Lipinski definition) is 3. The van der Waals surface area contributed by atoms with Gasteiger partial charge in [-0.2, -0.15) is 0 Å². The summed E-state index contributed by atoms with van der Waals surface area (Å²) in [5, 5.41) is 0. The minimum Gasteiger partial charge on any atom is -0.424 e. The molecule has 12 heavy (non-hydrogen) atoms. The molecule has 5 heteroatoms. The van der Waals surface area contributed by atoms with Crippen LogP contribution in [0.15, 0.2) is 30.3 Å². The Morgan fingerprint density at radius 3 is 2.33 bits per heavy atom. The van der Waals surface area contributed by atoms with E-state index in [1.807, 2.05) is 30.3 Å². The third-order valence-corrected chi connectivity index (χ3v) is 5.09. The van der Waals surface area contributed by atoms with Crippen LogP contribution in [0.2, 0.25) is 0 Å². The predicted octanol–water partition coefficient (Wildman–Crippen LogP) is -1.01. The quantitative estimate of drug-likeness (QED) is 0.615. The van der Waals surface area contributed by atoms with Gasteiger partial charge >= 0.3 is 8.80 Å². The maximum Gasteiger partial charge on any atom is 0.489 e. The van der Waals surface area contributed by atoms with Gasteiger partial charge < -0.3 is 13.7 Å². The van der Waals surface area contributed by atoms with Crippen molar-refractivity contribution in [3.8, 4) is 0 Å². The van der Waals surface area contributed by atoms with E-state index < -0.39 is 8.80 Å². The Bertz CT molecular complexity index is 238. The molecule has 0 saturated heterocycles. The molecule has 0 bridgehead atoms. The Morgan fingerprint density at radius 1 is 1.25 bits per heavy atom. The summed E-state index contributed by atoms with van der Waals surface area (Å²) >= 11 is 0. The maximum absolute atomic E-state index is 9.28. The van der Waals surface area contributed by atoms with E-state index in [1.54, 1.807) is 0 Å². The Labute approximate surface area is 75.5 Å². The first-order valence-corrected chi connectivity index (χ1v) is 6.50. The van der Waals surface area contributed by atoms with Crippen LogP contribution in [0.1, 0.15) is 5.56 Å². The van der Waals surface area contributed by atoms with Gasteiger partial charge in [0.15, 0.2) is 0 Å². The van der Waals surface area contributed by atoms with Crippen molar-refractivity contribution in [3.05, 3.63) is 35.9 Å². The molecule has 1 aromatic carbocycles. The fourth-order valence-electron chi connectivity index (χ4n) is 0.934. The van der Waals surface area contributed by atoms with Crippen molar-refractivity contribution >= 4 is 19.3 Å². The molecule has 1 aromatic rings. The van der Waals surface area contributed by atoms with Crippen LogP contribution in [0.5, 0.6) is 0 Å². The normalized spacial score (nSPS) is 11.8. The van der Waals surface area contributed by atoms with E-state index in [-0.39, 0.29) is 6.04 Å². The summed E-state index contributed by atoms with van der Waals surface area (Å²) in [6.07, 6.45) is 0. The van der Waals surface area contributed by atoms with Crippen molar-refractivity contribution in [2.75, 3.05) is 0 Å². The lowest BCUT2D eigenvalue weighted by Crippen LogP contribution is -2.41. The molecule has 0 amide bonds. The molecular weight excluding hydrogens is 188 g/mol. The lowest BCUT2D eigenvalue weighted by atomic mass is 10.2. The van der Waals surface area contributed by atoms with E-state index >= 15 is 0 Å². The van der Waals surface area contributed by atoms with Gasteiger partial charge in [-0.1, -0.05) is 30.3 Å². The molecule has 66 valence electrons. The zero-order valence-electron chi connectivity index (χ0n) is 6.90. The van der Waals surface area contributed by atoms with Crippen molar-refractivity contribution < 1.29 is 13.7 Å². The van der Waals surface area contributed by atoms with Crippen molar-refractivity contribution in [1.82, 2.24) is 0 Å². The van der Waals surface area contributed by atoms with Gasteiger partial charge in [-0.15, -0.1) is 0 Å². The van der Waals surface area contributed by atoms with Crippen LogP contribution in [0.3, 0.4) is 0 Å². The fraction of sp³-hybridized carbons (Fsp3) is 0.143. The topological polar surface area (TPSA) is 49.7 Å². The molecule has 0 spiro atoms. The minimum absolute atomic E-state index is 0.247. The Hall–Kier alpha value is -0.466. The predicted molar refractivity (Wildman–Crippen MR) is 51.4 cm³/mol. The first kappa shape index (κ1) is 9.62. The van der Waals surface area contributed by atoms with E-state index in [0.717, 1.165) is 5.56 Å². The minimum atomic E-state index is -3.36. The lowest BCUT2D eigenvalue weighted by Gasteiger charge is -2.14. The van der Waals surface area contributed by atoms with E-state index in [0.29, 0.717) is 10.5 Å². The first-order chi connectivity index (χ1) is 5.64. The standard InChI is InChI=1S/C7H12O3Si2/c8-12(9,10-11)6-7-4-2-1-3-5-7/h1-5,8-9H,6H2,11H3. The van der Waals surface area contributed by atoms with Crippen LogP contribution < -0.4 is 0 Å². The van der Waals surface area contributed by atoms with Crippen molar-refractivity contribution in [2.24, 2.45) is 0 Å². The van der Waals surface area contributed by atoms with Crippen LogP contribution in [0, 0.1) is 0 Å². The summed E-state index contributed by atoms with van der Waals surface area (Å²) < 4.78 is 4.73. The maximum atomic E-state index is 9.28. The summed E-state index contributed by atoms with van der Waals surface area (Å²) in [6, 6.07) is 9.59. The molecule has 0 aromatic heterocycles. The molecule has 0 heterocycles. The molecule has 0 radical (unpaired) electrons. The Morgan fingerprint density at radius 2 is 1.83 bits per heavy atom. The molecule has 0 unspecified atom stereocenters. The molecule has 2 N–H and O–H groups in total. The first-order valence-electron chi connectivity index (χ1n) is 3.68. The highest BCUT2D eigenvalue weighted by atomic mass is 28.4. The SMILES string of the molecule is O[Si](O)(Cc1ccccc1)O[SiH3]. The van der Waals surface area contributed by atoms with E-state index in [2.05, 4.69) is 0 Å². The molecule has 3 nitrogen and oxygen atoms in total. The summed E-state index contributed by atoms with van der Waals surface area (Å²) in [5.41, 5.74) is 0.907. The Balaban J connectivity index is 2.64. The van der Waals surface area contributed by atoms with Crippen molar-refractivity contribution in [3.63, 3.8) is 0 Å². The summed E-state index contributed by atoms with van der Waals surface area (Å²) in [4.78, 5) is 18.6. The second-order valence-electron chi connectivity index (χ2n) is 2.61. The van der Waals surface area contributed by atoms with E-state index in [1.165, 1.54) is 0 Å². The van der Waals surface area contributed by atoms with Gasteiger partial charge in [0, 0.05) is 6.04 Å². The average Bonchev–Trinajstić information content (AvgIpc) is 2.06. The van der Waals surface area contributed by atoms with Crippen molar-refractivity contribution in [2.45, 2.75) is 6.04 Å². The zero-order valence-corrected chi connectivity index (χ0v) is 9.90. The highest BCUT2D eigenvalue weighted by molar-refractivity contribution is 6.60. The molecule has 0 aliphatic rings. The molecule has 0 aliphatic carbocycles. The van der Waals surface area contributed by atoms with Gasteiger partial charge in [-0.05, 0) is 5.56 Å². The van der Waals surface area contributed by atoms with Crippen LogP contribution in [0.25, 0.3) is 0 Å². The third kappa shape index (κ3) is 2.88. The second-order valence-corrected chi connectivity index (χ2v) is 6.08. The van der Waals surface area contributed by atoms with Gasteiger partial charge in [0.1, 0.15) is 10.5 Å². The molecule has 0 saturated carbocycles. The fourth-order valence-corrected chi connectivity index (χ4v) is 2.28. The Kier molecular flexibility index (Phi) is 3.18.